The maximum absolute atomic E-state index is 14.2. The highest BCUT2D eigenvalue weighted by Crippen LogP contribution is 2.46. The summed E-state index contributed by atoms with van der Waals surface area (Å²) in [5, 5.41) is 341. The van der Waals surface area contributed by atoms with Gasteiger partial charge in [-0.05, 0) is 0 Å². The van der Waals surface area contributed by atoms with Gasteiger partial charge in [0.1, 0.15) is 171 Å². The average Bonchev–Trinajstić information content (AvgIpc) is 0.746. The number of aliphatic carboxylic acids is 4. The number of ether oxygens (including phenoxy) is 16. The van der Waals surface area contributed by atoms with Gasteiger partial charge in [-0.15, -0.1) is 0 Å². The molecule has 0 radical (unpaired) electrons. The highest BCUT2D eigenvalue weighted by molar-refractivity contribution is 5.79. The quantitative estimate of drug-likeness (QED) is 0.0252. The van der Waals surface area contributed by atoms with Gasteiger partial charge in [-0.3, -0.25) is 28.8 Å². The smallest absolute Gasteiger partial charge is 0.364 e. The highest BCUT2D eigenvalue weighted by Gasteiger charge is 2.67. The minimum absolute atomic E-state index is 0.157. The summed E-state index contributed by atoms with van der Waals surface area (Å²) in [6, 6.07) is -11.7. The van der Waals surface area contributed by atoms with Crippen molar-refractivity contribution < 1.29 is 272 Å². The molecule has 8 aliphatic rings. The number of aliphatic hydroxyl groups excluding tert-OH is 25. The number of hydrogen-bond acceptors (Lipinski definition) is 51. The predicted molar refractivity (Wildman–Crippen MR) is 415 cm³/mol. The normalized spacial score (nSPS) is 41.1. The van der Waals surface area contributed by atoms with E-state index in [1.165, 1.54) is 0 Å². The van der Waals surface area contributed by atoms with Gasteiger partial charge >= 0.3 is 23.9 Å². The predicted octanol–water partition coefficient (Wildman–Crippen LogP) is -21.8. The number of rotatable bonds is 45. The molecule has 0 spiro atoms. The molecule has 6 amide bonds. The first-order valence-corrected chi connectivity index (χ1v) is 41.8. The monoisotopic (exact) mass is 1970 g/mol. The Kier molecular flexibility index (Phi) is 40.7. The Balaban J connectivity index is 1.27. The molecule has 776 valence electrons. The summed E-state index contributed by atoms with van der Waals surface area (Å²) < 4.78 is 94.8. The van der Waals surface area contributed by atoms with Crippen LogP contribution in [0.3, 0.4) is 0 Å². The summed E-state index contributed by atoms with van der Waals surface area (Å²) in [6.45, 7) is -8.97. The van der Waals surface area contributed by atoms with Gasteiger partial charge in [0, 0.05) is 60.3 Å². The first-order valence-electron chi connectivity index (χ1n) is 41.8. The van der Waals surface area contributed by atoms with E-state index in [0.717, 1.165) is 27.7 Å². The second-order valence-corrected chi connectivity index (χ2v) is 33.3. The molecular weight excluding hydrogens is 1850 g/mol. The number of carbonyl (C=O) groups is 10. The fourth-order valence-electron chi connectivity index (χ4n) is 16.8. The highest BCUT2D eigenvalue weighted by atomic mass is 16.8. The molecule has 0 aromatic rings. The van der Waals surface area contributed by atoms with Gasteiger partial charge in [-0.2, -0.15) is 0 Å². The molecule has 8 fully saturated rings. The molecule has 0 saturated carbocycles. The molecule has 0 unspecified atom stereocenters. The molecule has 61 heteroatoms. The fraction of sp³-hybridized carbons (Fsp3) is 0.865. The van der Waals surface area contributed by atoms with Crippen molar-refractivity contribution in [2.45, 2.75) is 334 Å². The second kappa shape index (κ2) is 48.5. The zero-order valence-corrected chi connectivity index (χ0v) is 72.2. The lowest BCUT2D eigenvalue weighted by atomic mass is 9.87. The third-order valence-electron chi connectivity index (χ3n) is 23.5. The Morgan fingerprint density at radius 1 is 0.363 bits per heavy atom. The van der Waals surface area contributed by atoms with Crippen molar-refractivity contribution in [3.8, 4) is 0 Å². The molecule has 61 nitrogen and oxygen atoms in total. The largest absolute Gasteiger partial charge is 0.477 e. The van der Waals surface area contributed by atoms with Gasteiger partial charge in [0.25, 0.3) is 23.1 Å². The fourth-order valence-corrected chi connectivity index (χ4v) is 16.8. The Morgan fingerprint density at radius 2 is 0.704 bits per heavy atom. The van der Waals surface area contributed by atoms with E-state index in [-0.39, 0.29) is 6.41 Å². The van der Waals surface area contributed by atoms with E-state index in [9.17, 15) is 196 Å². The molecule has 8 rings (SSSR count). The van der Waals surface area contributed by atoms with Crippen molar-refractivity contribution in [2.75, 3.05) is 66.1 Å². The molecule has 0 aromatic heterocycles. The molecule has 135 heavy (non-hydrogen) atoms. The van der Waals surface area contributed by atoms with E-state index in [4.69, 9.17) is 75.8 Å². The average molecular weight is 1970 g/mol. The van der Waals surface area contributed by atoms with E-state index in [1.807, 2.05) is 0 Å². The van der Waals surface area contributed by atoms with E-state index in [1.54, 1.807) is 0 Å². The first-order chi connectivity index (χ1) is 63.3. The standard InChI is InChI=1S/C74H120N6O55/c1-21(90)76-39-27(95)6-71(67(112)113,130-57(39)44(102)31(99)11-82)121-19-38-49(107)56(128-65-52(110)61(47(105)34(14-85)122-65)134-73(69(116)117)8-30(98)42(79-24(4)93)60(133-73)48(106)35(15-86)129-72(68(114)115)7-28(96)40(77-22(2)91)58(131-72)45(103)32(100)12-83)43(80-25(5)94)63(125-38)127-55-37(17-88)124-66(126-54-36(16-87)123-64(51(109)50(54)108)120-18-26(10-81)75-20-89)53(111)62(55)135-74(70(118)119)9-29(97)41(78-23(3)92)59(132-74)46(104)33(101)13-84/h20,26-66,81-88,95-111H,6-19H2,1-5H3,(H,75,89)(H,76,90)(H,77,91)(H,78,92)(H,79,93)(H,80,94)(H,112,113)(H,114,115)(H,116,117)(H,118,119)/t26-,27+,28+,29+,30+,31-,32-,33-,34-,35-,36-,37-,38-,39-,40-,41-,42-,43-,44-,45-,46-,47+,48-,49+,50-,51-,52-,53-,54-,55+,56-,57-,58-,59-,60-,61+,62-,63+,64-,65+,66+,71-,72-,73+,74+/m1/s1. The van der Waals surface area contributed by atoms with Crippen LogP contribution in [0.25, 0.3) is 0 Å². The SMILES string of the molecule is CC(=O)N[C@H]1[C@H](O[C@@H]2[C@H](O[C@]3(C(=O)O)C[C@H](O)[C@@H](NC(C)=O)[C@H]([C@H](O)[C@H](O)CO)O3)[C@@H](O)[C@H](O[C@H]3[C@H](O)[C@@H](O)[C@H](OC[C@@H](CO)NC=O)O[C@@H]3CO)O[C@@H]2CO)O[C@H](CO[C@]2(C(=O)O)C[C@H](O)[C@@H](NC(C)=O)[C@H]([C@H](O)[C@H](O)CO)O2)[C@H](O)[C@@H]1O[C@@H]1O[C@H](CO)[C@H](O)[C@H](O[C@]2(C(=O)O)C[C@H](O)[C@@H](NC(C)=O)[C@H]([C@H](O)[C@@H](CO)O[C@]3(C(=O)O)C[C@H](O)[C@@H](NC(C)=O)[C@H]([C@H](O)[C@H](O)CO)O3)O2)[C@H]1O. The summed E-state index contributed by atoms with van der Waals surface area (Å²) in [5.74, 6) is -29.3. The number of carboxylic acid groups (broad SMARTS) is 4. The minimum Gasteiger partial charge on any atom is -0.477 e. The number of amides is 6. The van der Waals surface area contributed by atoms with Crippen LogP contribution in [0, 0.1) is 0 Å². The van der Waals surface area contributed by atoms with E-state index < -0.39 is 419 Å². The third-order valence-corrected chi connectivity index (χ3v) is 23.5. The zero-order chi connectivity index (χ0) is 101. The van der Waals surface area contributed by atoms with Crippen molar-refractivity contribution in [1.82, 2.24) is 31.9 Å². The van der Waals surface area contributed by atoms with Crippen LogP contribution in [0.4, 0.5) is 0 Å². The maximum atomic E-state index is 14.2. The van der Waals surface area contributed by atoms with Crippen LogP contribution in [0.5, 0.6) is 0 Å². The van der Waals surface area contributed by atoms with Crippen molar-refractivity contribution in [3.05, 3.63) is 0 Å². The van der Waals surface area contributed by atoms with Crippen LogP contribution in [0.1, 0.15) is 60.3 Å². The van der Waals surface area contributed by atoms with Crippen LogP contribution in [0.2, 0.25) is 0 Å². The van der Waals surface area contributed by atoms with Gasteiger partial charge < -0.3 is 256 Å². The van der Waals surface area contributed by atoms with Crippen LogP contribution >= 0.6 is 0 Å². The first kappa shape index (κ1) is 113. The summed E-state index contributed by atoms with van der Waals surface area (Å²) in [7, 11) is 0. The van der Waals surface area contributed by atoms with Gasteiger partial charge in [0.15, 0.2) is 25.2 Å². The maximum Gasteiger partial charge on any atom is 0.364 e. The van der Waals surface area contributed by atoms with Crippen LogP contribution < -0.4 is 31.9 Å². The molecule has 8 saturated heterocycles. The Hall–Kier alpha value is -6.94. The summed E-state index contributed by atoms with van der Waals surface area (Å²) in [5.41, 5.74) is 0. The molecule has 45 atom stereocenters. The number of hydrogen-bond donors (Lipinski definition) is 35. The lowest BCUT2D eigenvalue weighted by molar-refractivity contribution is -0.406. The lowest BCUT2D eigenvalue weighted by Crippen LogP contribution is -2.73. The van der Waals surface area contributed by atoms with E-state index >= 15 is 0 Å². The lowest BCUT2D eigenvalue weighted by Gasteiger charge is -2.53. The Bertz CT molecular complexity index is 3920. The van der Waals surface area contributed by atoms with Gasteiger partial charge in [0.05, 0.1) is 121 Å². The second-order valence-electron chi connectivity index (χ2n) is 33.3. The third kappa shape index (κ3) is 25.7. The van der Waals surface area contributed by atoms with Crippen LogP contribution in [-0.2, 0) is 124 Å². The number of nitrogens with one attached hydrogen (secondary N) is 6. The van der Waals surface area contributed by atoms with Crippen molar-refractivity contribution >= 4 is 59.8 Å². The molecule has 8 heterocycles. The van der Waals surface area contributed by atoms with E-state index in [2.05, 4.69) is 31.9 Å². The van der Waals surface area contributed by atoms with Crippen LogP contribution in [-0.4, -0.2) is 548 Å². The molecule has 0 bridgehead atoms. The molecule has 0 aliphatic carbocycles. The molecular formula is C74H120N6O55. The van der Waals surface area contributed by atoms with Gasteiger partial charge in [-0.1, -0.05) is 0 Å². The van der Waals surface area contributed by atoms with E-state index in [0.29, 0.717) is 6.92 Å². The molecule has 8 aliphatic heterocycles. The number of carboxylic acids is 4. The number of aliphatic hydroxyl groups is 25. The summed E-state index contributed by atoms with van der Waals surface area (Å²) in [6.07, 6.45) is -93.8. The van der Waals surface area contributed by atoms with Crippen LogP contribution in [0.15, 0.2) is 0 Å². The summed E-state index contributed by atoms with van der Waals surface area (Å²) in [4.78, 5) is 131. The van der Waals surface area contributed by atoms with Crippen molar-refractivity contribution in [2.24, 2.45) is 0 Å². The van der Waals surface area contributed by atoms with Gasteiger partial charge in [0.2, 0.25) is 35.9 Å². The minimum atomic E-state index is -3.78. The Labute approximate surface area is 761 Å². The van der Waals surface area contributed by atoms with Gasteiger partial charge in [-0.25, -0.2) is 19.2 Å². The van der Waals surface area contributed by atoms with Crippen molar-refractivity contribution in [1.29, 1.82) is 0 Å². The number of carbonyl (C=O) groups excluding carboxylic acids is 6. The molecule has 35 N–H and O–H groups in total. The summed E-state index contributed by atoms with van der Waals surface area (Å²) >= 11 is 0. The molecule has 0 aromatic carbocycles. The zero-order valence-electron chi connectivity index (χ0n) is 72.2. The Morgan fingerprint density at radius 3 is 1.10 bits per heavy atom. The van der Waals surface area contributed by atoms with Crippen molar-refractivity contribution in [3.63, 3.8) is 0 Å². The topological polar surface area (TPSA) is 977 Å².